The van der Waals surface area contributed by atoms with Crippen LogP contribution in [0.4, 0.5) is 0 Å². The molecule has 0 aromatic carbocycles. The average Bonchev–Trinajstić information content (AvgIpc) is 3.20. The van der Waals surface area contributed by atoms with Gasteiger partial charge >= 0.3 is 5.97 Å². The van der Waals surface area contributed by atoms with Crippen molar-refractivity contribution in [1.29, 1.82) is 0 Å². The van der Waals surface area contributed by atoms with Crippen molar-refractivity contribution >= 4 is 17.8 Å². The fraction of sp³-hybridized carbons (Fsp3) is 0.400. The molecule has 0 spiro atoms. The van der Waals surface area contributed by atoms with Crippen LogP contribution in [0.1, 0.15) is 29.1 Å². The number of hydrogen-bond acceptors (Lipinski definition) is 5. The van der Waals surface area contributed by atoms with Gasteiger partial charge in [-0.2, -0.15) is 10.2 Å². The zero-order valence-corrected chi connectivity index (χ0v) is 14.0. The molecule has 2 rings (SSSR count). The molecule has 3 N–H and O–H groups in total. The van der Waals surface area contributed by atoms with E-state index in [4.69, 9.17) is 5.11 Å². The molecule has 0 aliphatic rings. The standard InChI is InChI=1S/C15H20N6O4/c1-10-3-5-18-21(10)9-13(22)16-6-7-17-14(23)12-4-8-20(19-12)11(2)15(24)25/h3-5,8,11H,6-7,9H2,1-2H3,(H,16,22)(H,17,23)(H,24,25). The van der Waals surface area contributed by atoms with E-state index in [1.807, 2.05) is 6.92 Å². The van der Waals surface area contributed by atoms with Gasteiger partial charge in [0.05, 0.1) is 0 Å². The average molecular weight is 348 g/mol. The third-order valence-electron chi connectivity index (χ3n) is 3.55. The summed E-state index contributed by atoms with van der Waals surface area (Å²) >= 11 is 0. The molecule has 0 saturated heterocycles. The molecule has 10 heteroatoms. The van der Waals surface area contributed by atoms with Crippen LogP contribution in [0, 0.1) is 6.92 Å². The third-order valence-corrected chi connectivity index (χ3v) is 3.55. The minimum Gasteiger partial charge on any atom is -0.480 e. The van der Waals surface area contributed by atoms with Gasteiger partial charge in [-0.15, -0.1) is 0 Å². The monoisotopic (exact) mass is 348 g/mol. The van der Waals surface area contributed by atoms with Gasteiger partial charge in [0.25, 0.3) is 5.91 Å². The molecule has 134 valence electrons. The molecule has 0 bridgehead atoms. The Morgan fingerprint density at radius 1 is 1.24 bits per heavy atom. The Bertz CT molecular complexity index is 766. The van der Waals surface area contributed by atoms with Crippen LogP contribution in [0.15, 0.2) is 24.5 Å². The molecule has 0 radical (unpaired) electrons. The van der Waals surface area contributed by atoms with Crippen LogP contribution in [0.5, 0.6) is 0 Å². The number of nitrogens with one attached hydrogen (secondary N) is 2. The van der Waals surface area contributed by atoms with E-state index in [2.05, 4.69) is 20.8 Å². The number of hydrogen-bond donors (Lipinski definition) is 3. The maximum atomic E-state index is 11.9. The maximum absolute atomic E-state index is 11.9. The Kier molecular flexibility index (Phi) is 5.88. The zero-order valence-electron chi connectivity index (χ0n) is 14.0. The number of carboxylic acids is 1. The van der Waals surface area contributed by atoms with Gasteiger partial charge in [-0.3, -0.25) is 19.0 Å². The quantitative estimate of drug-likeness (QED) is 0.555. The third kappa shape index (κ3) is 4.90. The first-order valence-corrected chi connectivity index (χ1v) is 7.69. The number of nitrogens with zero attached hydrogens (tertiary/aromatic N) is 4. The highest BCUT2D eigenvalue weighted by atomic mass is 16.4. The molecule has 1 atom stereocenters. The molecule has 0 fully saturated rings. The zero-order chi connectivity index (χ0) is 18.4. The molecule has 1 unspecified atom stereocenters. The molecule has 0 saturated carbocycles. The van der Waals surface area contributed by atoms with Crippen LogP contribution in [0.2, 0.25) is 0 Å². The molecule has 2 aromatic rings. The van der Waals surface area contributed by atoms with E-state index in [0.29, 0.717) is 0 Å². The van der Waals surface area contributed by atoms with E-state index < -0.39 is 17.9 Å². The number of aliphatic carboxylic acids is 1. The number of carboxylic acid groups (broad SMARTS) is 1. The van der Waals surface area contributed by atoms with Crippen LogP contribution < -0.4 is 10.6 Å². The van der Waals surface area contributed by atoms with Crippen molar-refractivity contribution < 1.29 is 19.5 Å². The van der Waals surface area contributed by atoms with Crippen molar-refractivity contribution in [3.05, 3.63) is 35.9 Å². The number of aryl methyl sites for hydroxylation is 1. The van der Waals surface area contributed by atoms with Gasteiger partial charge in [0, 0.05) is 31.2 Å². The van der Waals surface area contributed by atoms with Gasteiger partial charge in [-0.25, -0.2) is 4.79 Å². The molecule has 0 aliphatic heterocycles. The molecule has 2 aromatic heterocycles. The van der Waals surface area contributed by atoms with Gasteiger partial charge in [-0.1, -0.05) is 0 Å². The summed E-state index contributed by atoms with van der Waals surface area (Å²) in [7, 11) is 0. The molecular weight excluding hydrogens is 328 g/mol. The highest BCUT2D eigenvalue weighted by Gasteiger charge is 2.16. The second kappa shape index (κ2) is 8.08. The summed E-state index contributed by atoms with van der Waals surface area (Å²) in [6.07, 6.45) is 3.05. The van der Waals surface area contributed by atoms with Crippen molar-refractivity contribution in [3.8, 4) is 0 Å². The van der Waals surface area contributed by atoms with Crippen LogP contribution >= 0.6 is 0 Å². The van der Waals surface area contributed by atoms with E-state index in [1.165, 1.54) is 23.9 Å². The van der Waals surface area contributed by atoms with E-state index in [-0.39, 0.29) is 31.2 Å². The smallest absolute Gasteiger partial charge is 0.328 e. The SMILES string of the molecule is Cc1ccnn1CC(=O)NCCNC(=O)c1ccn(C(C)C(=O)O)n1. The molecular formula is C15H20N6O4. The lowest BCUT2D eigenvalue weighted by Crippen LogP contribution is -2.36. The summed E-state index contributed by atoms with van der Waals surface area (Å²) in [5, 5.41) is 22.1. The van der Waals surface area contributed by atoms with Gasteiger partial charge in [0.1, 0.15) is 18.3 Å². The highest BCUT2D eigenvalue weighted by molar-refractivity contribution is 5.92. The summed E-state index contributed by atoms with van der Waals surface area (Å²) in [6.45, 7) is 3.92. The number of aromatic nitrogens is 4. The van der Waals surface area contributed by atoms with Gasteiger partial charge in [-0.05, 0) is 26.0 Å². The summed E-state index contributed by atoms with van der Waals surface area (Å²) < 4.78 is 2.77. The van der Waals surface area contributed by atoms with E-state index in [9.17, 15) is 14.4 Å². The summed E-state index contributed by atoms with van der Waals surface area (Å²) in [4.78, 5) is 34.6. The van der Waals surface area contributed by atoms with Crippen LogP contribution in [0.3, 0.4) is 0 Å². The van der Waals surface area contributed by atoms with Gasteiger partial charge in [0.2, 0.25) is 5.91 Å². The molecule has 2 amide bonds. The normalized spacial score (nSPS) is 11.8. The number of amides is 2. The minimum absolute atomic E-state index is 0.115. The lowest BCUT2D eigenvalue weighted by molar-refractivity contribution is -0.140. The van der Waals surface area contributed by atoms with Crippen LogP contribution in [0.25, 0.3) is 0 Å². The first-order chi connectivity index (χ1) is 11.9. The highest BCUT2D eigenvalue weighted by Crippen LogP contribution is 2.05. The molecule has 0 aliphatic carbocycles. The second-order valence-corrected chi connectivity index (χ2v) is 5.43. The molecule has 2 heterocycles. The molecule has 25 heavy (non-hydrogen) atoms. The Balaban J connectivity index is 1.73. The van der Waals surface area contributed by atoms with Gasteiger partial charge < -0.3 is 15.7 Å². The fourth-order valence-electron chi connectivity index (χ4n) is 2.01. The van der Waals surface area contributed by atoms with Crippen molar-refractivity contribution in [2.24, 2.45) is 0 Å². The Morgan fingerprint density at radius 2 is 1.96 bits per heavy atom. The number of carbonyl (C=O) groups is 3. The summed E-state index contributed by atoms with van der Waals surface area (Å²) in [5.74, 6) is -1.68. The van der Waals surface area contributed by atoms with Gasteiger partial charge in [0.15, 0.2) is 0 Å². The predicted molar refractivity (Wildman–Crippen MR) is 86.9 cm³/mol. The van der Waals surface area contributed by atoms with Crippen molar-refractivity contribution in [3.63, 3.8) is 0 Å². The van der Waals surface area contributed by atoms with E-state index in [0.717, 1.165) is 5.69 Å². The Hall–Kier alpha value is -3.17. The van der Waals surface area contributed by atoms with Crippen molar-refractivity contribution in [2.45, 2.75) is 26.4 Å². The second-order valence-electron chi connectivity index (χ2n) is 5.43. The Morgan fingerprint density at radius 3 is 2.60 bits per heavy atom. The minimum atomic E-state index is -1.04. The number of rotatable bonds is 8. The number of carbonyl (C=O) groups excluding carboxylic acids is 2. The van der Waals surface area contributed by atoms with Crippen molar-refractivity contribution in [1.82, 2.24) is 30.2 Å². The topological polar surface area (TPSA) is 131 Å². The summed E-state index contributed by atoms with van der Waals surface area (Å²) in [6, 6.07) is 2.39. The van der Waals surface area contributed by atoms with Crippen LogP contribution in [-0.4, -0.2) is 55.5 Å². The predicted octanol–water partition coefficient (Wildman–Crippen LogP) is -0.420. The Labute approximate surface area is 143 Å². The lowest BCUT2D eigenvalue weighted by atomic mass is 10.3. The van der Waals surface area contributed by atoms with E-state index >= 15 is 0 Å². The fourth-order valence-corrected chi connectivity index (χ4v) is 2.01. The molecule has 10 nitrogen and oxygen atoms in total. The van der Waals surface area contributed by atoms with Crippen molar-refractivity contribution in [2.75, 3.05) is 13.1 Å². The first kappa shape index (κ1) is 18.2. The maximum Gasteiger partial charge on any atom is 0.328 e. The van der Waals surface area contributed by atoms with Crippen LogP contribution in [-0.2, 0) is 16.1 Å². The van der Waals surface area contributed by atoms with E-state index in [1.54, 1.807) is 16.9 Å². The largest absolute Gasteiger partial charge is 0.480 e. The lowest BCUT2D eigenvalue weighted by Gasteiger charge is -2.08. The first-order valence-electron chi connectivity index (χ1n) is 7.69. The summed E-state index contributed by atoms with van der Waals surface area (Å²) in [5.41, 5.74) is 1.00.